The molecule has 0 amide bonds. The predicted molar refractivity (Wildman–Crippen MR) is 86.8 cm³/mol. The van der Waals surface area contributed by atoms with Crippen molar-refractivity contribution < 1.29 is 12.8 Å². The molecule has 0 radical (unpaired) electrons. The molecular weight excluding hydrogens is 358 g/mol. The molecule has 3 N–H and O–H groups in total. The Morgan fingerprint density at radius 1 is 1.38 bits per heavy atom. The van der Waals surface area contributed by atoms with Crippen LogP contribution in [0.4, 0.5) is 4.39 Å². The third-order valence-electron chi connectivity index (χ3n) is 3.30. The van der Waals surface area contributed by atoms with Crippen LogP contribution in [0.1, 0.15) is 26.7 Å². The molecule has 1 aromatic carbocycles. The molecule has 0 fully saturated rings. The highest BCUT2D eigenvalue weighted by Gasteiger charge is 2.36. The van der Waals surface area contributed by atoms with E-state index in [0.717, 1.165) is 12.1 Å². The van der Waals surface area contributed by atoms with Gasteiger partial charge < -0.3 is 5.73 Å². The third-order valence-corrected chi connectivity index (χ3v) is 6.04. The second-order valence-corrected chi connectivity index (χ2v) is 7.31. The molecule has 0 heterocycles. The van der Waals surface area contributed by atoms with Crippen molar-refractivity contribution >= 4 is 50.4 Å². The van der Waals surface area contributed by atoms with Gasteiger partial charge in [0.05, 0.1) is 20.6 Å². The van der Waals surface area contributed by atoms with Gasteiger partial charge in [-0.25, -0.2) is 12.8 Å². The van der Waals surface area contributed by atoms with E-state index in [2.05, 4.69) is 4.72 Å². The van der Waals surface area contributed by atoms with Crippen molar-refractivity contribution in [3.63, 3.8) is 0 Å². The van der Waals surface area contributed by atoms with Gasteiger partial charge in [-0.1, -0.05) is 49.3 Å². The number of hydrogen-bond donors (Lipinski definition) is 2. The maximum absolute atomic E-state index is 13.7. The Balaban J connectivity index is 3.36. The first-order valence-corrected chi connectivity index (χ1v) is 8.73. The fraction of sp³-hybridized carbons (Fsp3) is 0.417. The quantitative estimate of drug-likeness (QED) is 0.593. The summed E-state index contributed by atoms with van der Waals surface area (Å²) in [7, 11) is -4.11. The Hall–Kier alpha value is -0.470. The lowest BCUT2D eigenvalue weighted by atomic mass is 9.94. The molecule has 0 spiro atoms. The van der Waals surface area contributed by atoms with E-state index >= 15 is 0 Å². The van der Waals surface area contributed by atoms with E-state index in [-0.39, 0.29) is 10.0 Å². The zero-order valence-electron chi connectivity index (χ0n) is 11.4. The van der Waals surface area contributed by atoms with E-state index in [1.807, 2.05) is 0 Å². The molecule has 0 saturated carbocycles. The second kappa shape index (κ2) is 6.75. The van der Waals surface area contributed by atoms with Crippen LogP contribution < -0.4 is 10.5 Å². The number of rotatable bonds is 6. The first-order chi connectivity index (χ1) is 9.61. The lowest BCUT2D eigenvalue weighted by Gasteiger charge is -2.31. The lowest BCUT2D eigenvalue weighted by Crippen LogP contribution is -2.55. The van der Waals surface area contributed by atoms with E-state index in [1.54, 1.807) is 13.8 Å². The summed E-state index contributed by atoms with van der Waals surface area (Å²) in [6.45, 7) is 3.49. The summed E-state index contributed by atoms with van der Waals surface area (Å²) in [5, 5.41) is -0.829. The molecule has 0 bridgehead atoms. The average molecular weight is 373 g/mol. The molecule has 4 nitrogen and oxygen atoms in total. The number of thiocarbonyl (C=S) groups is 1. The number of sulfonamides is 1. The second-order valence-electron chi connectivity index (χ2n) is 4.43. The number of hydrogen-bond acceptors (Lipinski definition) is 3. The summed E-state index contributed by atoms with van der Waals surface area (Å²) < 4.78 is 41.0. The van der Waals surface area contributed by atoms with Gasteiger partial charge in [0.1, 0.15) is 4.90 Å². The topological polar surface area (TPSA) is 72.2 Å². The van der Waals surface area contributed by atoms with Gasteiger partial charge in [0.25, 0.3) is 0 Å². The molecule has 0 aliphatic rings. The highest BCUT2D eigenvalue weighted by Crippen LogP contribution is 2.30. The van der Waals surface area contributed by atoms with Gasteiger partial charge in [0.2, 0.25) is 10.0 Å². The summed E-state index contributed by atoms with van der Waals surface area (Å²) >= 11 is 16.2. The third kappa shape index (κ3) is 3.65. The van der Waals surface area contributed by atoms with Gasteiger partial charge in [-0.2, -0.15) is 4.72 Å². The van der Waals surface area contributed by atoms with Crippen molar-refractivity contribution in [3.8, 4) is 0 Å². The smallest absolute Gasteiger partial charge is 0.243 e. The van der Waals surface area contributed by atoms with Gasteiger partial charge in [0.15, 0.2) is 5.82 Å². The van der Waals surface area contributed by atoms with Crippen LogP contribution >= 0.6 is 35.4 Å². The monoisotopic (exact) mass is 372 g/mol. The molecule has 0 aliphatic carbocycles. The molecule has 0 saturated heterocycles. The number of halogens is 3. The molecule has 0 unspecified atom stereocenters. The molecule has 21 heavy (non-hydrogen) atoms. The average Bonchev–Trinajstić information content (AvgIpc) is 2.41. The van der Waals surface area contributed by atoms with E-state index in [1.165, 1.54) is 0 Å². The summed E-state index contributed by atoms with van der Waals surface area (Å²) in [5.74, 6) is -0.991. The number of nitrogens with one attached hydrogen (secondary N) is 1. The molecule has 1 aromatic rings. The van der Waals surface area contributed by atoms with Crippen molar-refractivity contribution in [1.82, 2.24) is 4.72 Å². The van der Waals surface area contributed by atoms with Gasteiger partial charge in [-0.05, 0) is 25.0 Å². The van der Waals surface area contributed by atoms with Crippen LogP contribution in [0.15, 0.2) is 17.0 Å². The Kier molecular flexibility index (Phi) is 5.97. The minimum atomic E-state index is -4.11. The van der Waals surface area contributed by atoms with E-state index < -0.39 is 31.3 Å². The highest BCUT2D eigenvalue weighted by atomic mass is 35.5. The first-order valence-electron chi connectivity index (χ1n) is 6.08. The molecular formula is C12H15Cl2FN2O2S2. The number of benzene rings is 1. The Morgan fingerprint density at radius 3 is 2.33 bits per heavy atom. The van der Waals surface area contributed by atoms with Crippen molar-refractivity contribution in [2.45, 2.75) is 37.1 Å². The summed E-state index contributed by atoms with van der Waals surface area (Å²) in [4.78, 5) is -0.393. The van der Waals surface area contributed by atoms with Gasteiger partial charge in [0, 0.05) is 0 Å². The minimum Gasteiger partial charge on any atom is -0.392 e. The predicted octanol–water partition coefficient (Wildman–Crippen LogP) is 3.26. The van der Waals surface area contributed by atoms with Crippen molar-refractivity contribution in [3.05, 3.63) is 28.0 Å². The van der Waals surface area contributed by atoms with Crippen LogP contribution in [0.2, 0.25) is 10.0 Å². The standard InChI is InChI=1S/C12H15Cl2FN2O2S2/c1-3-12(4-2,11(16)20)17-21(18,19)8-6-5-7(13)10(15)9(8)14/h5-6,17H,3-4H2,1-2H3,(H2,16,20). The molecule has 1 rings (SSSR count). The molecule has 0 aliphatic heterocycles. The van der Waals surface area contributed by atoms with Gasteiger partial charge in [-0.15, -0.1) is 0 Å². The van der Waals surface area contributed by atoms with Crippen LogP contribution in [0.3, 0.4) is 0 Å². The fourth-order valence-corrected chi connectivity index (χ4v) is 4.50. The van der Waals surface area contributed by atoms with Crippen molar-refractivity contribution in [2.24, 2.45) is 5.73 Å². The SMILES string of the molecule is CCC(CC)(NS(=O)(=O)c1ccc(Cl)c(F)c1Cl)C(N)=S. The molecule has 118 valence electrons. The molecule has 9 heteroatoms. The Labute approximate surface area is 138 Å². The van der Waals surface area contributed by atoms with Crippen molar-refractivity contribution in [2.75, 3.05) is 0 Å². The van der Waals surface area contributed by atoms with Crippen molar-refractivity contribution in [1.29, 1.82) is 0 Å². The zero-order chi connectivity index (χ0) is 16.4. The summed E-state index contributed by atoms with van der Waals surface area (Å²) in [6, 6.07) is 2.25. The van der Waals surface area contributed by atoms with E-state index in [9.17, 15) is 12.8 Å². The maximum Gasteiger partial charge on any atom is 0.243 e. The van der Waals surface area contributed by atoms with Crippen LogP contribution in [-0.2, 0) is 10.0 Å². The Morgan fingerprint density at radius 2 is 1.90 bits per heavy atom. The first kappa shape index (κ1) is 18.6. The normalized spacial score (nSPS) is 12.4. The molecule has 0 atom stereocenters. The van der Waals surface area contributed by atoms with E-state index in [4.69, 9.17) is 41.2 Å². The van der Waals surface area contributed by atoms with Gasteiger partial charge >= 0.3 is 0 Å². The summed E-state index contributed by atoms with van der Waals surface area (Å²) in [5.41, 5.74) is 4.56. The van der Waals surface area contributed by atoms with E-state index in [0.29, 0.717) is 12.8 Å². The number of nitrogens with two attached hydrogens (primary N) is 1. The van der Waals surface area contributed by atoms with Crippen LogP contribution in [0.25, 0.3) is 0 Å². The highest BCUT2D eigenvalue weighted by molar-refractivity contribution is 7.89. The van der Waals surface area contributed by atoms with Crippen LogP contribution in [0, 0.1) is 5.82 Å². The largest absolute Gasteiger partial charge is 0.392 e. The van der Waals surface area contributed by atoms with Crippen LogP contribution in [0.5, 0.6) is 0 Å². The lowest BCUT2D eigenvalue weighted by molar-refractivity contribution is 0.465. The fourth-order valence-electron chi connectivity index (χ4n) is 1.82. The molecule has 0 aromatic heterocycles. The summed E-state index contributed by atoms with van der Waals surface area (Å²) in [6.07, 6.45) is 0.706. The van der Waals surface area contributed by atoms with Gasteiger partial charge in [-0.3, -0.25) is 0 Å². The Bertz CT molecular complexity index is 661. The maximum atomic E-state index is 13.7. The minimum absolute atomic E-state index is 0.0154. The zero-order valence-corrected chi connectivity index (χ0v) is 14.6. The van der Waals surface area contributed by atoms with Crippen LogP contribution in [-0.4, -0.2) is 18.9 Å².